The third kappa shape index (κ3) is 1.82. The second-order valence-electron chi connectivity index (χ2n) is 2.24. The van der Waals surface area contributed by atoms with E-state index in [2.05, 4.69) is 14.4 Å². The van der Waals surface area contributed by atoms with Crippen LogP contribution in [-0.4, -0.2) is 19.0 Å². The molecule has 7 nitrogen and oxygen atoms in total. The molecule has 1 heterocycles. The van der Waals surface area contributed by atoms with Gasteiger partial charge in [-0.2, -0.15) is 9.64 Å². The largest absolute Gasteiger partial charge is 0.222 e. The molecule has 0 aliphatic heterocycles. The van der Waals surface area contributed by atoms with Gasteiger partial charge in [0, 0.05) is 11.2 Å². The van der Waals surface area contributed by atoms with Crippen molar-refractivity contribution in [1.82, 2.24) is 4.37 Å². The first-order valence-corrected chi connectivity index (χ1v) is 5.82. The predicted octanol–water partition coefficient (Wildman–Crippen LogP) is 1.36. The molecular weight excluding hydrogens is 226 g/mol. The Kier molecular flexibility index (Phi) is 2.71. The van der Waals surface area contributed by atoms with Crippen LogP contribution in [0.5, 0.6) is 0 Å². The van der Waals surface area contributed by atoms with Crippen LogP contribution < -0.4 is 0 Å². The van der Waals surface area contributed by atoms with E-state index < -0.39 is 9.84 Å². The van der Waals surface area contributed by atoms with Gasteiger partial charge < -0.3 is 0 Å². The Morgan fingerprint density at radius 1 is 1.71 bits per heavy atom. The maximum atomic E-state index is 11.1. The van der Waals surface area contributed by atoms with Crippen molar-refractivity contribution < 1.29 is 8.42 Å². The molecule has 0 aliphatic carbocycles. The summed E-state index contributed by atoms with van der Waals surface area (Å²) in [6.07, 6.45) is 0.933. The van der Waals surface area contributed by atoms with Crippen LogP contribution in [0, 0.1) is 11.3 Å². The number of sulfone groups is 1. The molecule has 1 rings (SSSR count). The summed E-state index contributed by atoms with van der Waals surface area (Å²) in [6, 6.07) is 1.64. The summed E-state index contributed by atoms with van der Waals surface area (Å²) < 4.78 is 25.7. The average Bonchev–Trinajstić information content (AvgIpc) is 2.47. The second-order valence-corrected chi connectivity index (χ2v) is 4.92. The van der Waals surface area contributed by atoms with Gasteiger partial charge in [-0.3, -0.25) is 0 Å². The lowest BCUT2D eigenvalue weighted by atomic mass is 10.4. The number of nitriles is 1. The molecule has 0 aliphatic rings. The molecule has 0 unspecified atom stereocenters. The van der Waals surface area contributed by atoms with Gasteiger partial charge in [-0.15, -0.1) is 0 Å². The van der Waals surface area contributed by atoms with Crippen molar-refractivity contribution in [3.63, 3.8) is 0 Å². The quantitative estimate of drug-likeness (QED) is 0.431. The van der Waals surface area contributed by atoms with Gasteiger partial charge in [-0.1, -0.05) is 0 Å². The molecule has 14 heavy (non-hydrogen) atoms. The highest BCUT2D eigenvalue weighted by Crippen LogP contribution is 2.29. The van der Waals surface area contributed by atoms with Gasteiger partial charge in [-0.25, -0.2) is 8.42 Å². The minimum atomic E-state index is -3.55. The molecule has 9 heteroatoms. The molecule has 1 aromatic rings. The van der Waals surface area contributed by atoms with Gasteiger partial charge in [0.1, 0.15) is 16.6 Å². The van der Waals surface area contributed by atoms with Crippen LogP contribution in [0.15, 0.2) is 10.1 Å². The Labute approximate surface area is 83.3 Å². The zero-order valence-corrected chi connectivity index (χ0v) is 8.50. The molecule has 72 valence electrons. The van der Waals surface area contributed by atoms with E-state index in [0.29, 0.717) is 11.5 Å². The summed E-state index contributed by atoms with van der Waals surface area (Å²) in [4.78, 5) is 2.46. The zero-order valence-electron chi connectivity index (χ0n) is 6.87. The Hall–Kier alpha value is -1.62. The van der Waals surface area contributed by atoms with Gasteiger partial charge in [0.2, 0.25) is 0 Å². The molecule has 0 atom stereocenters. The van der Waals surface area contributed by atoms with Crippen LogP contribution in [0.2, 0.25) is 0 Å². The fraction of sp³-hybridized carbons (Fsp3) is 0.200. The summed E-state index contributed by atoms with van der Waals surface area (Å²) in [5, 5.41) is 11.4. The summed E-state index contributed by atoms with van der Waals surface area (Å²) >= 11 is 0.680. The molecule has 0 saturated heterocycles. The Balaban J connectivity index is 3.52. The third-order valence-electron chi connectivity index (χ3n) is 1.24. The number of azide groups is 1. The maximum Gasteiger partial charge on any atom is 0.195 e. The molecular formula is C5H3N5O2S2. The van der Waals surface area contributed by atoms with E-state index in [4.69, 9.17) is 10.8 Å². The Morgan fingerprint density at radius 3 is 2.79 bits per heavy atom. The lowest BCUT2D eigenvalue weighted by Crippen LogP contribution is -1.99. The smallest absolute Gasteiger partial charge is 0.195 e. The summed E-state index contributed by atoms with van der Waals surface area (Å²) in [5.74, 6) is 0. The molecule has 1 aromatic heterocycles. The standard InChI is InChI=1S/C5H3N5O2S2/c1-14(11,12)5-3(2-6)4(8-10-7)13-9-5/h1H3. The van der Waals surface area contributed by atoms with Crippen LogP contribution in [-0.2, 0) is 9.84 Å². The van der Waals surface area contributed by atoms with E-state index in [1.54, 1.807) is 6.07 Å². The van der Waals surface area contributed by atoms with Crippen molar-refractivity contribution in [1.29, 1.82) is 5.26 Å². The highest BCUT2D eigenvalue weighted by atomic mass is 32.2. The van der Waals surface area contributed by atoms with Gasteiger partial charge in [0.05, 0.1) is 0 Å². The fourth-order valence-electron chi connectivity index (χ4n) is 0.725. The first-order chi connectivity index (χ1) is 6.50. The molecule has 0 N–H and O–H groups in total. The van der Waals surface area contributed by atoms with Crippen LogP contribution in [0.25, 0.3) is 10.4 Å². The predicted molar refractivity (Wildman–Crippen MR) is 48.7 cm³/mol. The first-order valence-electron chi connectivity index (χ1n) is 3.15. The lowest BCUT2D eigenvalue weighted by Gasteiger charge is -1.90. The van der Waals surface area contributed by atoms with Gasteiger partial charge in [0.25, 0.3) is 0 Å². The molecule has 0 bridgehead atoms. The molecule has 0 amide bonds. The fourth-order valence-corrected chi connectivity index (χ4v) is 2.52. The maximum absolute atomic E-state index is 11.1. The van der Waals surface area contributed by atoms with Crippen LogP contribution in [0.1, 0.15) is 5.56 Å². The summed E-state index contributed by atoms with van der Waals surface area (Å²) in [7, 11) is -3.55. The van der Waals surface area contributed by atoms with E-state index in [9.17, 15) is 8.42 Å². The van der Waals surface area contributed by atoms with E-state index in [0.717, 1.165) is 6.26 Å². The van der Waals surface area contributed by atoms with Crippen molar-refractivity contribution in [3.05, 3.63) is 16.0 Å². The van der Waals surface area contributed by atoms with Gasteiger partial charge in [0.15, 0.2) is 14.9 Å². The molecule has 0 spiro atoms. The number of rotatable bonds is 2. The highest BCUT2D eigenvalue weighted by Gasteiger charge is 2.20. The van der Waals surface area contributed by atoms with Crippen molar-refractivity contribution in [2.24, 2.45) is 5.11 Å². The third-order valence-corrected chi connectivity index (χ3v) is 3.09. The second kappa shape index (κ2) is 3.63. The van der Waals surface area contributed by atoms with Crippen LogP contribution >= 0.6 is 11.5 Å². The van der Waals surface area contributed by atoms with E-state index in [1.807, 2.05) is 0 Å². The van der Waals surface area contributed by atoms with Gasteiger partial charge >= 0.3 is 0 Å². The van der Waals surface area contributed by atoms with Crippen molar-refractivity contribution in [2.75, 3.05) is 6.26 Å². The number of aromatic nitrogens is 1. The zero-order chi connectivity index (χ0) is 10.8. The topological polar surface area (TPSA) is 120 Å². The van der Waals surface area contributed by atoms with E-state index in [-0.39, 0.29) is 15.6 Å². The van der Waals surface area contributed by atoms with E-state index >= 15 is 0 Å². The van der Waals surface area contributed by atoms with Crippen molar-refractivity contribution in [3.8, 4) is 6.07 Å². The monoisotopic (exact) mass is 229 g/mol. The Morgan fingerprint density at radius 2 is 2.36 bits per heavy atom. The number of hydrogen-bond acceptors (Lipinski definition) is 6. The number of hydrogen-bond donors (Lipinski definition) is 0. The Bertz CT molecular complexity index is 545. The van der Waals surface area contributed by atoms with Crippen LogP contribution in [0.3, 0.4) is 0 Å². The highest BCUT2D eigenvalue weighted by molar-refractivity contribution is 7.90. The average molecular weight is 229 g/mol. The summed E-state index contributed by atoms with van der Waals surface area (Å²) in [5.41, 5.74) is 7.93. The normalized spacial score (nSPS) is 10.3. The SMILES string of the molecule is CS(=O)(=O)c1nsc(N=[N+]=[N-])c1C#N. The van der Waals surface area contributed by atoms with Crippen molar-refractivity contribution in [2.45, 2.75) is 5.03 Å². The first kappa shape index (κ1) is 10.5. The molecule has 0 aromatic carbocycles. The summed E-state index contributed by atoms with van der Waals surface area (Å²) in [6.45, 7) is 0. The van der Waals surface area contributed by atoms with Crippen molar-refractivity contribution >= 4 is 26.4 Å². The molecule has 0 fully saturated rings. The minimum Gasteiger partial charge on any atom is -0.222 e. The minimum absolute atomic E-state index is 0.0320. The van der Waals surface area contributed by atoms with Gasteiger partial charge in [-0.05, 0) is 22.2 Å². The lowest BCUT2D eigenvalue weighted by molar-refractivity contribution is 0.599. The van der Waals surface area contributed by atoms with Crippen LogP contribution in [0.4, 0.5) is 5.00 Å². The molecule has 0 radical (unpaired) electrons. The molecule has 0 saturated carbocycles. The number of nitrogens with zero attached hydrogens (tertiary/aromatic N) is 5. The van der Waals surface area contributed by atoms with E-state index in [1.165, 1.54) is 0 Å².